The highest BCUT2D eigenvalue weighted by molar-refractivity contribution is 6.34. The molecular weight excluding hydrogens is 252 g/mol. The highest BCUT2D eigenvalue weighted by Gasteiger charge is 2.16. The van der Waals surface area contributed by atoms with Crippen LogP contribution in [0, 0.1) is 0 Å². The van der Waals surface area contributed by atoms with E-state index in [1.807, 2.05) is 18.2 Å². The maximum absolute atomic E-state index is 12.0. The molecule has 1 amide bonds. The van der Waals surface area contributed by atoms with Crippen molar-refractivity contribution < 1.29 is 14.4 Å². The highest BCUT2D eigenvalue weighted by atomic mass is 35.5. The van der Waals surface area contributed by atoms with Crippen LogP contribution in [0.25, 0.3) is 0 Å². The molecule has 2 rings (SSSR count). The van der Waals surface area contributed by atoms with E-state index in [0.717, 1.165) is 0 Å². The lowest BCUT2D eigenvalue weighted by Gasteiger charge is -2.04. The van der Waals surface area contributed by atoms with Gasteiger partial charge in [0.2, 0.25) is 12.4 Å². The second-order valence-electron chi connectivity index (χ2n) is 3.57. The molecule has 2 aromatic rings. The standard InChI is InChI=1S/C13H11ClN2O2/c1-18-16-8-7-12(14)11(9-16)13(17)15-10-5-3-2-4-6-10/h2-9H,1H3/p+1. The van der Waals surface area contributed by atoms with Crippen molar-refractivity contribution in [1.29, 1.82) is 0 Å². The van der Waals surface area contributed by atoms with Gasteiger partial charge < -0.3 is 5.32 Å². The van der Waals surface area contributed by atoms with E-state index in [1.165, 1.54) is 18.0 Å². The number of carbonyl (C=O) groups excluding carboxylic acids is 1. The number of aromatic nitrogens is 1. The number of benzene rings is 1. The van der Waals surface area contributed by atoms with Crippen molar-refractivity contribution in [3.8, 4) is 0 Å². The summed E-state index contributed by atoms with van der Waals surface area (Å²) in [5, 5.41) is 3.13. The molecule has 0 fully saturated rings. The van der Waals surface area contributed by atoms with Crippen LogP contribution in [0.4, 0.5) is 5.69 Å². The van der Waals surface area contributed by atoms with Gasteiger partial charge in [0.15, 0.2) is 0 Å². The zero-order valence-electron chi connectivity index (χ0n) is 9.76. The van der Waals surface area contributed by atoms with Crippen LogP contribution in [0.1, 0.15) is 10.4 Å². The predicted molar refractivity (Wildman–Crippen MR) is 68.5 cm³/mol. The highest BCUT2D eigenvalue weighted by Crippen LogP contribution is 2.15. The summed E-state index contributed by atoms with van der Waals surface area (Å²) in [5.41, 5.74) is 1.07. The Balaban J connectivity index is 2.23. The van der Waals surface area contributed by atoms with Gasteiger partial charge in [-0.05, 0) is 12.1 Å². The molecule has 0 spiro atoms. The maximum Gasteiger partial charge on any atom is 0.263 e. The first kappa shape index (κ1) is 12.4. The van der Waals surface area contributed by atoms with Crippen LogP contribution >= 0.6 is 11.6 Å². The van der Waals surface area contributed by atoms with Gasteiger partial charge in [0.25, 0.3) is 5.91 Å². The second kappa shape index (κ2) is 5.51. The predicted octanol–water partition coefficient (Wildman–Crippen LogP) is 1.94. The first-order valence-electron chi connectivity index (χ1n) is 5.32. The Kier molecular flexibility index (Phi) is 3.79. The molecule has 1 heterocycles. The number of rotatable bonds is 3. The molecule has 0 aliphatic rings. The van der Waals surface area contributed by atoms with Crippen molar-refractivity contribution in [2.75, 3.05) is 12.4 Å². The second-order valence-corrected chi connectivity index (χ2v) is 3.98. The molecule has 0 atom stereocenters. The average molecular weight is 264 g/mol. The lowest BCUT2D eigenvalue weighted by atomic mass is 10.2. The van der Waals surface area contributed by atoms with Gasteiger partial charge in [0.05, 0.1) is 5.02 Å². The molecule has 5 heteroatoms. The zero-order chi connectivity index (χ0) is 13.0. The molecule has 92 valence electrons. The summed E-state index contributed by atoms with van der Waals surface area (Å²) in [4.78, 5) is 17.0. The number of para-hydroxylation sites is 1. The van der Waals surface area contributed by atoms with E-state index in [4.69, 9.17) is 16.4 Å². The first-order valence-corrected chi connectivity index (χ1v) is 5.70. The number of hydrogen-bond donors (Lipinski definition) is 1. The Hall–Kier alpha value is -2.07. The lowest BCUT2D eigenvalue weighted by Crippen LogP contribution is -2.40. The smallest absolute Gasteiger partial charge is 0.263 e. The maximum atomic E-state index is 12.0. The summed E-state index contributed by atoms with van der Waals surface area (Å²) in [6, 6.07) is 10.8. The van der Waals surface area contributed by atoms with E-state index in [1.54, 1.807) is 24.4 Å². The van der Waals surface area contributed by atoms with Crippen LogP contribution in [0.5, 0.6) is 0 Å². The fraction of sp³-hybridized carbons (Fsp3) is 0.0769. The Labute approximate surface area is 110 Å². The van der Waals surface area contributed by atoms with E-state index < -0.39 is 0 Å². The van der Waals surface area contributed by atoms with E-state index in [-0.39, 0.29) is 5.91 Å². The average Bonchev–Trinajstić information content (AvgIpc) is 2.40. The summed E-state index contributed by atoms with van der Waals surface area (Å²) in [6.45, 7) is 0. The monoisotopic (exact) mass is 263 g/mol. The van der Waals surface area contributed by atoms with E-state index in [9.17, 15) is 4.79 Å². The minimum atomic E-state index is -0.280. The van der Waals surface area contributed by atoms with Crippen LogP contribution in [0.15, 0.2) is 48.8 Å². The molecule has 1 aromatic carbocycles. The van der Waals surface area contributed by atoms with Crippen LogP contribution in [-0.2, 0) is 0 Å². The van der Waals surface area contributed by atoms with Gasteiger partial charge in [-0.15, -0.1) is 0 Å². The Bertz CT molecular complexity index is 558. The summed E-state index contributed by atoms with van der Waals surface area (Å²) in [6.07, 6.45) is 3.15. The van der Waals surface area contributed by atoms with Crippen molar-refractivity contribution in [3.05, 3.63) is 59.4 Å². The van der Waals surface area contributed by atoms with Gasteiger partial charge in [0, 0.05) is 16.5 Å². The number of halogens is 1. The van der Waals surface area contributed by atoms with Crippen LogP contribution in [-0.4, -0.2) is 13.0 Å². The largest absolute Gasteiger partial charge is 0.322 e. The van der Waals surface area contributed by atoms with Gasteiger partial charge in [0.1, 0.15) is 12.7 Å². The minimum Gasteiger partial charge on any atom is -0.322 e. The van der Waals surface area contributed by atoms with Gasteiger partial charge in [-0.2, -0.15) is 0 Å². The Morgan fingerprint density at radius 1 is 1.28 bits per heavy atom. The molecule has 18 heavy (non-hydrogen) atoms. The molecule has 0 bridgehead atoms. The summed E-state index contributed by atoms with van der Waals surface area (Å²) in [7, 11) is 1.51. The molecule has 0 aliphatic heterocycles. The molecule has 4 nitrogen and oxygen atoms in total. The van der Waals surface area contributed by atoms with E-state index in [2.05, 4.69) is 5.32 Å². The van der Waals surface area contributed by atoms with Crippen LogP contribution in [0.2, 0.25) is 5.02 Å². The molecule has 0 unspecified atom stereocenters. The van der Waals surface area contributed by atoms with Crippen molar-refractivity contribution in [1.82, 2.24) is 0 Å². The van der Waals surface area contributed by atoms with Crippen molar-refractivity contribution in [2.24, 2.45) is 0 Å². The third kappa shape index (κ3) is 2.78. The lowest BCUT2D eigenvalue weighted by molar-refractivity contribution is -0.885. The number of nitrogens with zero attached hydrogens (tertiary/aromatic N) is 1. The fourth-order valence-corrected chi connectivity index (χ4v) is 1.65. The van der Waals surface area contributed by atoms with Crippen molar-refractivity contribution >= 4 is 23.2 Å². The topological polar surface area (TPSA) is 42.2 Å². The third-order valence-electron chi connectivity index (χ3n) is 2.37. The fourth-order valence-electron chi connectivity index (χ4n) is 1.46. The first-order chi connectivity index (χ1) is 8.70. The van der Waals surface area contributed by atoms with E-state index in [0.29, 0.717) is 16.3 Å². The summed E-state index contributed by atoms with van der Waals surface area (Å²) < 4.78 is 1.41. The van der Waals surface area contributed by atoms with E-state index >= 15 is 0 Å². The number of carbonyl (C=O) groups is 1. The SMILES string of the molecule is CO[n+]1ccc(Cl)c(C(=O)Nc2ccccc2)c1. The molecule has 0 saturated carbocycles. The molecule has 1 N–H and O–H groups in total. The van der Waals surface area contributed by atoms with Crippen molar-refractivity contribution in [2.45, 2.75) is 0 Å². The molecule has 0 aliphatic carbocycles. The van der Waals surface area contributed by atoms with Crippen molar-refractivity contribution in [3.63, 3.8) is 0 Å². The number of amides is 1. The number of hydrogen-bond acceptors (Lipinski definition) is 2. The van der Waals surface area contributed by atoms with Crippen LogP contribution in [0.3, 0.4) is 0 Å². The summed E-state index contributed by atoms with van der Waals surface area (Å²) in [5.74, 6) is -0.280. The van der Waals surface area contributed by atoms with Gasteiger partial charge >= 0.3 is 0 Å². The zero-order valence-corrected chi connectivity index (χ0v) is 10.5. The number of pyridine rings is 1. The van der Waals surface area contributed by atoms with Crippen LogP contribution < -0.4 is 14.9 Å². The molecular formula is C13H12ClN2O2+. The number of anilines is 1. The Morgan fingerprint density at radius 2 is 2.00 bits per heavy atom. The van der Waals surface area contributed by atoms with Gasteiger partial charge in [-0.3, -0.25) is 9.63 Å². The quantitative estimate of drug-likeness (QED) is 0.860. The number of nitrogens with one attached hydrogen (secondary N) is 1. The molecule has 0 radical (unpaired) electrons. The summed E-state index contributed by atoms with van der Waals surface area (Å²) >= 11 is 5.98. The van der Waals surface area contributed by atoms with Gasteiger partial charge in [-0.25, -0.2) is 0 Å². The molecule has 0 saturated heterocycles. The Morgan fingerprint density at radius 3 is 2.67 bits per heavy atom. The normalized spacial score (nSPS) is 9.89. The van der Waals surface area contributed by atoms with Gasteiger partial charge in [-0.1, -0.05) is 29.8 Å². The molecule has 1 aromatic heterocycles. The minimum absolute atomic E-state index is 0.280. The third-order valence-corrected chi connectivity index (χ3v) is 2.70.